The summed E-state index contributed by atoms with van der Waals surface area (Å²) in [7, 11) is 2.03. The Hall–Kier alpha value is -0.340. The molecular formula is C11H21NO. The average Bonchev–Trinajstić information content (AvgIpc) is 2.47. The van der Waals surface area contributed by atoms with Gasteiger partial charge in [-0.25, -0.2) is 0 Å². The Morgan fingerprint density at radius 1 is 1.69 bits per heavy atom. The van der Waals surface area contributed by atoms with Gasteiger partial charge in [-0.1, -0.05) is 5.57 Å². The predicted molar refractivity (Wildman–Crippen MR) is 55.8 cm³/mol. The van der Waals surface area contributed by atoms with Crippen LogP contribution in [0, 0.1) is 5.92 Å². The quantitative estimate of drug-likeness (QED) is 0.673. The van der Waals surface area contributed by atoms with E-state index in [1.165, 1.54) is 12.0 Å². The van der Waals surface area contributed by atoms with Gasteiger partial charge in [0.25, 0.3) is 0 Å². The van der Waals surface area contributed by atoms with E-state index in [1.807, 2.05) is 7.05 Å². The number of ether oxygens (including phenoxy) is 1. The molecule has 0 aliphatic carbocycles. The summed E-state index contributed by atoms with van der Waals surface area (Å²) in [5.74, 6) is 0.654. The van der Waals surface area contributed by atoms with Crippen molar-refractivity contribution in [2.24, 2.45) is 5.92 Å². The van der Waals surface area contributed by atoms with Gasteiger partial charge in [-0.15, -0.1) is 6.58 Å². The van der Waals surface area contributed by atoms with E-state index >= 15 is 0 Å². The van der Waals surface area contributed by atoms with E-state index in [1.54, 1.807) is 0 Å². The van der Waals surface area contributed by atoms with Crippen molar-refractivity contribution in [1.29, 1.82) is 0 Å². The monoisotopic (exact) mass is 183 g/mol. The SMILES string of the molecule is C=C(C)CC(NC)C1CCOC1C. The molecule has 0 spiro atoms. The Morgan fingerprint density at radius 2 is 2.38 bits per heavy atom. The second kappa shape index (κ2) is 4.77. The zero-order valence-electron chi connectivity index (χ0n) is 8.97. The fraction of sp³-hybridized carbons (Fsp3) is 0.818. The number of rotatable bonds is 4. The summed E-state index contributed by atoms with van der Waals surface area (Å²) in [6, 6.07) is 0.537. The van der Waals surface area contributed by atoms with Crippen LogP contribution >= 0.6 is 0 Å². The molecule has 0 radical (unpaired) electrons. The summed E-state index contributed by atoms with van der Waals surface area (Å²) in [5, 5.41) is 3.36. The van der Waals surface area contributed by atoms with Crippen LogP contribution in [0.3, 0.4) is 0 Å². The topological polar surface area (TPSA) is 21.3 Å². The Morgan fingerprint density at radius 3 is 2.77 bits per heavy atom. The lowest BCUT2D eigenvalue weighted by Crippen LogP contribution is -2.37. The minimum Gasteiger partial charge on any atom is -0.378 e. The molecule has 0 aromatic carbocycles. The first kappa shape index (κ1) is 10.7. The van der Waals surface area contributed by atoms with Crippen LogP contribution in [0.4, 0.5) is 0 Å². The van der Waals surface area contributed by atoms with E-state index in [9.17, 15) is 0 Å². The highest BCUT2D eigenvalue weighted by Gasteiger charge is 2.30. The van der Waals surface area contributed by atoms with Crippen LogP contribution in [0.2, 0.25) is 0 Å². The molecular weight excluding hydrogens is 162 g/mol. The molecule has 2 nitrogen and oxygen atoms in total. The van der Waals surface area contributed by atoms with E-state index in [-0.39, 0.29) is 0 Å². The van der Waals surface area contributed by atoms with Crippen molar-refractivity contribution in [3.63, 3.8) is 0 Å². The lowest BCUT2D eigenvalue weighted by Gasteiger charge is -2.25. The van der Waals surface area contributed by atoms with Crippen LogP contribution in [-0.2, 0) is 4.74 Å². The van der Waals surface area contributed by atoms with Crippen LogP contribution in [-0.4, -0.2) is 25.8 Å². The third-order valence-corrected chi connectivity index (χ3v) is 2.89. The van der Waals surface area contributed by atoms with Crippen molar-refractivity contribution in [1.82, 2.24) is 5.32 Å². The first-order valence-electron chi connectivity index (χ1n) is 5.08. The zero-order chi connectivity index (χ0) is 9.84. The van der Waals surface area contributed by atoms with Gasteiger partial charge in [-0.3, -0.25) is 0 Å². The summed E-state index contributed by atoms with van der Waals surface area (Å²) in [5.41, 5.74) is 1.25. The first-order valence-corrected chi connectivity index (χ1v) is 5.08. The lowest BCUT2D eigenvalue weighted by atomic mass is 9.89. The fourth-order valence-corrected chi connectivity index (χ4v) is 2.12. The number of hydrogen-bond acceptors (Lipinski definition) is 2. The predicted octanol–water partition coefficient (Wildman–Crippen LogP) is 1.97. The second-order valence-electron chi connectivity index (χ2n) is 4.08. The van der Waals surface area contributed by atoms with E-state index in [0.717, 1.165) is 13.0 Å². The van der Waals surface area contributed by atoms with Gasteiger partial charge in [-0.05, 0) is 33.7 Å². The molecule has 0 aromatic heterocycles. The molecule has 0 bridgehead atoms. The molecule has 1 N–H and O–H groups in total. The molecule has 76 valence electrons. The fourth-order valence-electron chi connectivity index (χ4n) is 2.12. The van der Waals surface area contributed by atoms with Crippen molar-refractivity contribution in [3.8, 4) is 0 Å². The van der Waals surface area contributed by atoms with E-state index in [0.29, 0.717) is 18.1 Å². The van der Waals surface area contributed by atoms with Gasteiger partial charge in [0.1, 0.15) is 0 Å². The van der Waals surface area contributed by atoms with Crippen molar-refractivity contribution in [2.75, 3.05) is 13.7 Å². The van der Waals surface area contributed by atoms with Gasteiger partial charge in [-0.2, -0.15) is 0 Å². The van der Waals surface area contributed by atoms with Crippen LogP contribution in [0.25, 0.3) is 0 Å². The molecule has 2 heteroatoms. The second-order valence-corrected chi connectivity index (χ2v) is 4.08. The number of nitrogens with one attached hydrogen (secondary N) is 1. The molecule has 0 saturated carbocycles. The summed E-state index contributed by atoms with van der Waals surface area (Å²) >= 11 is 0. The first-order chi connectivity index (χ1) is 6.15. The van der Waals surface area contributed by atoms with Gasteiger partial charge in [0.2, 0.25) is 0 Å². The van der Waals surface area contributed by atoms with Crippen LogP contribution in [0.5, 0.6) is 0 Å². The molecule has 3 unspecified atom stereocenters. The molecule has 1 fully saturated rings. The molecule has 1 aliphatic rings. The molecule has 0 amide bonds. The molecule has 3 atom stereocenters. The normalized spacial score (nSPS) is 30.4. The van der Waals surface area contributed by atoms with Gasteiger partial charge < -0.3 is 10.1 Å². The minimum absolute atomic E-state index is 0.400. The third-order valence-electron chi connectivity index (χ3n) is 2.89. The molecule has 1 saturated heterocycles. The maximum Gasteiger partial charge on any atom is 0.0590 e. The maximum atomic E-state index is 5.56. The van der Waals surface area contributed by atoms with Gasteiger partial charge in [0.15, 0.2) is 0 Å². The van der Waals surface area contributed by atoms with Crippen molar-refractivity contribution in [3.05, 3.63) is 12.2 Å². The largest absolute Gasteiger partial charge is 0.378 e. The Balaban J connectivity index is 2.49. The van der Waals surface area contributed by atoms with Gasteiger partial charge in [0.05, 0.1) is 6.10 Å². The Labute approximate surface area is 81.4 Å². The molecule has 1 aliphatic heterocycles. The highest BCUT2D eigenvalue weighted by molar-refractivity contribution is 4.96. The Kier molecular flexibility index (Phi) is 3.94. The zero-order valence-corrected chi connectivity index (χ0v) is 8.97. The molecule has 0 aromatic rings. The van der Waals surface area contributed by atoms with Gasteiger partial charge in [0, 0.05) is 18.6 Å². The van der Waals surface area contributed by atoms with Crippen molar-refractivity contribution < 1.29 is 4.74 Å². The van der Waals surface area contributed by atoms with E-state index in [4.69, 9.17) is 4.74 Å². The average molecular weight is 183 g/mol. The van der Waals surface area contributed by atoms with Crippen molar-refractivity contribution in [2.45, 2.75) is 38.8 Å². The van der Waals surface area contributed by atoms with Crippen LogP contribution in [0.1, 0.15) is 26.7 Å². The highest BCUT2D eigenvalue weighted by atomic mass is 16.5. The van der Waals surface area contributed by atoms with Crippen molar-refractivity contribution >= 4 is 0 Å². The summed E-state index contributed by atoms with van der Waals surface area (Å²) in [4.78, 5) is 0. The molecule has 13 heavy (non-hydrogen) atoms. The summed E-state index contributed by atoms with van der Waals surface area (Å²) in [6.07, 6.45) is 2.64. The van der Waals surface area contributed by atoms with Crippen LogP contribution in [0.15, 0.2) is 12.2 Å². The third kappa shape index (κ3) is 2.82. The summed E-state index contributed by atoms with van der Waals surface area (Å²) < 4.78 is 5.56. The standard InChI is InChI=1S/C11H21NO/c1-8(2)7-11(12-4)10-5-6-13-9(10)3/h9-12H,1,5-7H2,2-4H3. The van der Waals surface area contributed by atoms with E-state index in [2.05, 4.69) is 25.7 Å². The van der Waals surface area contributed by atoms with Crippen LogP contribution < -0.4 is 5.32 Å². The smallest absolute Gasteiger partial charge is 0.0590 e. The maximum absolute atomic E-state index is 5.56. The Bertz CT molecular complexity index is 179. The molecule has 1 rings (SSSR count). The highest BCUT2D eigenvalue weighted by Crippen LogP contribution is 2.26. The van der Waals surface area contributed by atoms with E-state index < -0.39 is 0 Å². The summed E-state index contributed by atoms with van der Waals surface area (Å²) in [6.45, 7) is 9.13. The van der Waals surface area contributed by atoms with Gasteiger partial charge >= 0.3 is 0 Å². The molecule has 1 heterocycles. The minimum atomic E-state index is 0.400. The number of hydrogen-bond donors (Lipinski definition) is 1. The lowest BCUT2D eigenvalue weighted by molar-refractivity contribution is 0.0963.